The van der Waals surface area contributed by atoms with Gasteiger partial charge in [-0.15, -0.1) is 0 Å². The first-order chi connectivity index (χ1) is 12.1. The number of benzene rings is 1. The van der Waals surface area contributed by atoms with Crippen molar-refractivity contribution in [2.45, 2.75) is 44.9 Å². The third-order valence-electron chi connectivity index (χ3n) is 3.86. The van der Waals surface area contributed by atoms with E-state index in [1.807, 2.05) is 30.3 Å². The fourth-order valence-electron chi connectivity index (χ4n) is 2.59. The molecule has 0 bridgehead atoms. The zero-order valence-corrected chi connectivity index (χ0v) is 15.1. The number of aliphatic carboxylic acids is 1. The highest BCUT2D eigenvalue weighted by atomic mass is 16.6. The van der Waals surface area contributed by atoms with Crippen LogP contribution in [-0.2, 0) is 20.9 Å². The number of hydrogen-bond acceptors (Lipinski definition) is 6. The van der Waals surface area contributed by atoms with E-state index in [4.69, 9.17) is 9.47 Å². The smallest absolute Gasteiger partial charge is 0.410 e. The van der Waals surface area contributed by atoms with E-state index in [0.29, 0.717) is 0 Å². The molecule has 1 aliphatic heterocycles. The Bertz CT molecular complexity index is 670. The van der Waals surface area contributed by atoms with E-state index in [0.717, 1.165) is 5.56 Å². The van der Waals surface area contributed by atoms with E-state index in [1.165, 1.54) is 4.90 Å². The molecule has 1 aromatic carbocycles. The molecular weight excluding hydrogens is 340 g/mol. The number of alkyl carbamates (subject to hydrolysis) is 1. The van der Waals surface area contributed by atoms with Gasteiger partial charge in [0.15, 0.2) is 0 Å². The van der Waals surface area contributed by atoms with Crippen molar-refractivity contribution < 1.29 is 29.0 Å². The summed E-state index contributed by atoms with van der Waals surface area (Å²) in [6, 6.07) is 9.12. The Balaban J connectivity index is 1.96. The Kier molecular flexibility index (Phi) is 5.74. The second-order valence-corrected chi connectivity index (χ2v) is 7.21. The molecule has 2 amide bonds. The highest BCUT2D eigenvalue weighted by Gasteiger charge is 2.44. The van der Waals surface area contributed by atoms with Gasteiger partial charge in [-0.05, 0) is 32.8 Å². The zero-order chi connectivity index (χ0) is 19.4. The highest BCUT2D eigenvalue weighted by Crippen LogP contribution is 2.23. The Morgan fingerprint density at radius 1 is 1.23 bits per heavy atom. The maximum absolute atomic E-state index is 12.2. The van der Waals surface area contributed by atoms with Crippen LogP contribution in [0.4, 0.5) is 9.59 Å². The monoisotopic (exact) mass is 363 g/mol. The van der Waals surface area contributed by atoms with Gasteiger partial charge in [-0.2, -0.15) is 0 Å². The van der Waals surface area contributed by atoms with E-state index in [2.05, 4.69) is 5.32 Å². The standard InChI is InChI=1S/C18H24N2O6/c1-17(2,3)26-15(23)19-18(14(21)22)9-10-20(12-18)16(24)25-11-13-7-5-4-6-8-13/h4-8H,9-12H2,1-3H3,(H,19,23)(H,21,22)/p-1. The number of carbonyl (C=O) groups excluding carboxylic acids is 3. The minimum atomic E-state index is -1.70. The molecule has 142 valence electrons. The minimum absolute atomic E-state index is 0.00894. The molecule has 1 aromatic rings. The first-order valence-electron chi connectivity index (χ1n) is 8.29. The van der Waals surface area contributed by atoms with Crippen molar-refractivity contribution in [2.24, 2.45) is 0 Å². The third kappa shape index (κ3) is 5.11. The number of carboxylic acids is 1. The summed E-state index contributed by atoms with van der Waals surface area (Å²) >= 11 is 0. The Hall–Kier alpha value is -2.77. The fraction of sp³-hybridized carbons (Fsp3) is 0.500. The van der Waals surface area contributed by atoms with E-state index in [1.54, 1.807) is 20.8 Å². The summed E-state index contributed by atoms with van der Waals surface area (Å²) in [4.78, 5) is 37.0. The molecule has 0 aromatic heterocycles. The van der Waals surface area contributed by atoms with E-state index < -0.39 is 29.3 Å². The van der Waals surface area contributed by atoms with Crippen LogP contribution in [0.2, 0.25) is 0 Å². The van der Waals surface area contributed by atoms with E-state index in [-0.39, 0.29) is 26.1 Å². The van der Waals surface area contributed by atoms with Crippen LogP contribution in [0.1, 0.15) is 32.8 Å². The highest BCUT2D eigenvalue weighted by molar-refractivity contribution is 5.85. The van der Waals surface area contributed by atoms with Crippen LogP contribution >= 0.6 is 0 Å². The number of carboxylic acid groups (broad SMARTS) is 1. The molecule has 0 radical (unpaired) electrons. The van der Waals surface area contributed by atoms with Gasteiger partial charge in [0.05, 0.1) is 12.5 Å². The lowest BCUT2D eigenvalue weighted by Gasteiger charge is -2.32. The van der Waals surface area contributed by atoms with Crippen LogP contribution in [0.5, 0.6) is 0 Å². The minimum Gasteiger partial charge on any atom is -0.548 e. The van der Waals surface area contributed by atoms with Crippen molar-refractivity contribution in [2.75, 3.05) is 13.1 Å². The summed E-state index contributed by atoms with van der Waals surface area (Å²) in [7, 11) is 0. The number of likely N-dealkylation sites (tertiary alicyclic amines) is 1. The summed E-state index contributed by atoms with van der Waals surface area (Å²) in [5, 5.41) is 13.9. The lowest BCUT2D eigenvalue weighted by molar-refractivity contribution is -0.313. The molecule has 1 atom stereocenters. The first-order valence-corrected chi connectivity index (χ1v) is 8.29. The Labute approximate surface area is 152 Å². The van der Waals surface area contributed by atoms with Gasteiger partial charge >= 0.3 is 12.2 Å². The van der Waals surface area contributed by atoms with Crippen LogP contribution in [0, 0.1) is 0 Å². The molecular formula is C18H23N2O6-. The molecule has 2 rings (SSSR count). The van der Waals surface area contributed by atoms with Crippen molar-refractivity contribution in [3.63, 3.8) is 0 Å². The largest absolute Gasteiger partial charge is 0.548 e. The molecule has 1 fully saturated rings. The van der Waals surface area contributed by atoms with Crippen LogP contribution in [0.25, 0.3) is 0 Å². The fourth-order valence-corrected chi connectivity index (χ4v) is 2.59. The normalized spacial score (nSPS) is 19.7. The second kappa shape index (κ2) is 7.63. The van der Waals surface area contributed by atoms with Crippen LogP contribution in [0.3, 0.4) is 0 Å². The average Bonchev–Trinajstić information content (AvgIpc) is 2.97. The quantitative estimate of drug-likeness (QED) is 0.856. The second-order valence-electron chi connectivity index (χ2n) is 7.21. The summed E-state index contributed by atoms with van der Waals surface area (Å²) in [5.41, 5.74) is -1.66. The van der Waals surface area contributed by atoms with Gasteiger partial charge in [-0.1, -0.05) is 30.3 Å². The molecule has 8 heteroatoms. The number of hydrogen-bond donors (Lipinski definition) is 1. The molecule has 1 unspecified atom stereocenters. The van der Waals surface area contributed by atoms with Crippen molar-refractivity contribution >= 4 is 18.2 Å². The maximum atomic E-state index is 12.2. The van der Waals surface area contributed by atoms with Gasteiger partial charge in [0.2, 0.25) is 0 Å². The molecule has 1 saturated heterocycles. The number of carbonyl (C=O) groups is 3. The topological polar surface area (TPSA) is 108 Å². The lowest BCUT2D eigenvalue weighted by atomic mass is 9.99. The lowest BCUT2D eigenvalue weighted by Crippen LogP contribution is -2.62. The van der Waals surface area contributed by atoms with Gasteiger partial charge in [0, 0.05) is 6.54 Å². The third-order valence-corrected chi connectivity index (χ3v) is 3.86. The number of ether oxygens (including phenoxy) is 2. The van der Waals surface area contributed by atoms with Crippen LogP contribution in [-0.4, -0.2) is 47.3 Å². The molecule has 26 heavy (non-hydrogen) atoms. The molecule has 0 spiro atoms. The zero-order valence-electron chi connectivity index (χ0n) is 15.1. The van der Waals surface area contributed by atoms with Gasteiger partial charge in [-0.3, -0.25) is 0 Å². The van der Waals surface area contributed by atoms with Crippen LogP contribution in [0.15, 0.2) is 30.3 Å². The predicted molar refractivity (Wildman–Crippen MR) is 89.9 cm³/mol. The SMILES string of the molecule is CC(C)(C)OC(=O)NC1(C(=O)[O-])CCN(C(=O)OCc2ccccc2)C1. The summed E-state index contributed by atoms with van der Waals surface area (Å²) in [6.07, 6.45) is -1.51. The number of rotatable bonds is 4. The van der Waals surface area contributed by atoms with Crippen molar-refractivity contribution in [3.05, 3.63) is 35.9 Å². The first kappa shape index (κ1) is 19.6. The molecule has 8 nitrogen and oxygen atoms in total. The summed E-state index contributed by atoms with van der Waals surface area (Å²) in [6.45, 7) is 4.95. The Morgan fingerprint density at radius 2 is 1.88 bits per heavy atom. The average molecular weight is 363 g/mol. The van der Waals surface area contributed by atoms with Gasteiger partial charge in [0.25, 0.3) is 0 Å². The molecule has 1 aliphatic rings. The maximum Gasteiger partial charge on any atom is 0.410 e. The molecule has 1 N–H and O–H groups in total. The summed E-state index contributed by atoms with van der Waals surface area (Å²) < 4.78 is 10.3. The molecule has 0 saturated carbocycles. The summed E-state index contributed by atoms with van der Waals surface area (Å²) in [5.74, 6) is -1.47. The van der Waals surface area contributed by atoms with E-state index >= 15 is 0 Å². The molecule has 0 aliphatic carbocycles. The van der Waals surface area contributed by atoms with Crippen molar-refractivity contribution in [1.29, 1.82) is 0 Å². The van der Waals surface area contributed by atoms with Crippen LogP contribution < -0.4 is 10.4 Å². The predicted octanol–water partition coefficient (Wildman–Crippen LogP) is 1.04. The van der Waals surface area contributed by atoms with E-state index in [9.17, 15) is 19.5 Å². The van der Waals surface area contributed by atoms with Gasteiger partial charge in [0.1, 0.15) is 17.7 Å². The Morgan fingerprint density at radius 3 is 2.46 bits per heavy atom. The molecule has 1 heterocycles. The van der Waals surface area contributed by atoms with Gasteiger partial charge < -0.3 is 29.6 Å². The van der Waals surface area contributed by atoms with Crippen molar-refractivity contribution in [1.82, 2.24) is 10.2 Å². The number of nitrogens with one attached hydrogen (secondary N) is 1. The number of nitrogens with zero attached hydrogens (tertiary/aromatic N) is 1. The van der Waals surface area contributed by atoms with Crippen molar-refractivity contribution in [3.8, 4) is 0 Å². The van der Waals surface area contributed by atoms with Gasteiger partial charge in [-0.25, -0.2) is 9.59 Å². The number of amides is 2.